The number of fused-ring (bicyclic) bond motifs is 2. The van der Waals surface area contributed by atoms with Gasteiger partial charge in [-0.25, -0.2) is 0 Å². The van der Waals surface area contributed by atoms with E-state index in [1.165, 1.54) is 0 Å². The molecule has 2 heterocycles. The quantitative estimate of drug-likeness (QED) is 0.375. The predicted molar refractivity (Wildman–Crippen MR) is 129 cm³/mol. The van der Waals surface area contributed by atoms with Crippen LogP contribution in [0.1, 0.15) is 38.9 Å². The van der Waals surface area contributed by atoms with E-state index in [9.17, 15) is 9.59 Å². The highest BCUT2D eigenvalue weighted by Crippen LogP contribution is 2.41. The first-order valence-electron chi connectivity index (χ1n) is 10.8. The lowest BCUT2D eigenvalue weighted by Gasteiger charge is -2.26. The summed E-state index contributed by atoms with van der Waals surface area (Å²) in [7, 11) is 0. The number of amides is 1. The number of para-hydroxylation sites is 1. The summed E-state index contributed by atoms with van der Waals surface area (Å²) in [6.45, 7) is 8.09. The average molecular weight is 437 g/mol. The Morgan fingerprint density at radius 3 is 2.48 bits per heavy atom. The predicted octanol–water partition coefficient (Wildman–Crippen LogP) is 5.72. The van der Waals surface area contributed by atoms with Gasteiger partial charge >= 0.3 is 0 Å². The van der Waals surface area contributed by atoms with Crippen LogP contribution in [0.4, 0.5) is 5.69 Å². The molecule has 0 spiro atoms. The molecule has 0 saturated carbocycles. The number of carbonyl (C=O) groups is 1. The van der Waals surface area contributed by atoms with Crippen molar-refractivity contribution in [2.75, 3.05) is 11.5 Å². The molecule has 4 aromatic rings. The van der Waals surface area contributed by atoms with Crippen molar-refractivity contribution in [2.24, 2.45) is 0 Å². The fourth-order valence-corrected chi connectivity index (χ4v) is 4.28. The Balaban J connectivity index is 1.72. The van der Waals surface area contributed by atoms with Crippen LogP contribution in [0, 0.1) is 13.8 Å². The normalized spacial score (nSPS) is 15.0. The Kier molecular flexibility index (Phi) is 5.09. The van der Waals surface area contributed by atoms with Crippen LogP contribution in [-0.2, 0) is 0 Å². The van der Waals surface area contributed by atoms with Gasteiger partial charge in [-0.2, -0.15) is 0 Å². The molecule has 0 N–H and O–H groups in total. The Labute approximate surface area is 191 Å². The average Bonchev–Trinajstić information content (AvgIpc) is 3.12. The molecule has 1 atom stereocenters. The highest BCUT2D eigenvalue weighted by molar-refractivity contribution is 6.10. The number of anilines is 1. The Morgan fingerprint density at radius 1 is 1.00 bits per heavy atom. The van der Waals surface area contributed by atoms with E-state index in [1.54, 1.807) is 35.2 Å². The van der Waals surface area contributed by atoms with Gasteiger partial charge in [0, 0.05) is 5.69 Å². The van der Waals surface area contributed by atoms with Crippen LogP contribution in [0.2, 0.25) is 0 Å². The second kappa shape index (κ2) is 8.10. The fourth-order valence-electron chi connectivity index (χ4n) is 4.28. The molecule has 0 radical (unpaired) electrons. The monoisotopic (exact) mass is 437 g/mol. The summed E-state index contributed by atoms with van der Waals surface area (Å²) in [6, 6.07) is 19.7. The molecule has 3 aromatic carbocycles. The van der Waals surface area contributed by atoms with Crippen LogP contribution in [0.5, 0.6) is 5.75 Å². The van der Waals surface area contributed by atoms with Crippen molar-refractivity contribution in [3.8, 4) is 5.75 Å². The van der Waals surface area contributed by atoms with Crippen molar-refractivity contribution in [3.05, 3.63) is 118 Å². The third-order valence-corrected chi connectivity index (χ3v) is 6.11. The minimum absolute atomic E-state index is 0.0916. The van der Waals surface area contributed by atoms with E-state index in [2.05, 4.69) is 6.58 Å². The Morgan fingerprint density at radius 2 is 1.76 bits per heavy atom. The molecule has 1 amide bonds. The highest BCUT2D eigenvalue weighted by atomic mass is 16.5. The maximum Gasteiger partial charge on any atom is 0.295 e. The van der Waals surface area contributed by atoms with Gasteiger partial charge in [-0.1, -0.05) is 43.0 Å². The minimum atomic E-state index is -0.607. The second-order valence-corrected chi connectivity index (χ2v) is 8.19. The van der Waals surface area contributed by atoms with E-state index in [4.69, 9.17) is 9.15 Å². The van der Waals surface area contributed by atoms with E-state index in [-0.39, 0.29) is 17.1 Å². The number of hydrogen-bond acceptors (Lipinski definition) is 4. The summed E-state index contributed by atoms with van der Waals surface area (Å²) < 4.78 is 11.6. The van der Waals surface area contributed by atoms with E-state index in [0.29, 0.717) is 28.9 Å². The molecule has 0 aliphatic carbocycles. The molecule has 5 rings (SSSR count). The number of benzene rings is 3. The van der Waals surface area contributed by atoms with Gasteiger partial charge in [-0.05, 0) is 66.9 Å². The molecule has 0 saturated heterocycles. The molecule has 164 valence electrons. The topological polar surface area (TPSA) is 59.8 Å². The van der Waals surface area contributed by atoms with Gasteiger partial charge < -0.3 is 9.15 Å². The number of hydrogen-bond donors (Lipinski definition) is 0. The van der Waals surface area contributed by atoms with E-state index in [1.807, 2.05) is 56.3 Å². The zero-order valence-corrected chi connectivity index (χ0v) is 18.5. The summed E-state index contributed by atoms with van der Waals surface area (Å²) in [5.41, 5.74) is 4.28. The molecule has 0 fully saturated rings. The zero-order valence-electron chi connectivity index (χ0n) is 18.5. The van der Waals surface area contributed by atoms with E-state index < -0.39 is 6.04 Å². The first-order chi connectivity index (χ1) is 16.0. The second-order valence-electron chi connectivity index (χ2n) is 8.19. The lowest BCUT2D eigenvalue weighted by atomic mass is 9.98. The molecule has 0 bridgehead atoms. The van der Waals surface area contributed by atoms with Crippen molar-refractivity contribution in [1.82, 2.24) is 0 Å². The molecular weight excluding hydrogens is 414 g/mol. The number of aryl methyl sites for hydroxylation is 2. The van der Waals surface area contributed by atoms with E-state index in [0.717, 1.165) is 22.4 Å². The number of ether oxygens (including phenoxy) is 1. The zero-order chi connectivity index (χ0) is 23.1. The molecular formula is C28H23NO4. The summed E-state index contributed by atoms with van der Waals surface area (Å²) in [4.78, 5) is 28.9. The summed E-state index contributed by atoms with van der Waals surface area (Å²) in [5, 5.41) is 0.460. The van der Waals surface area contributed by atoms with Crippen LogP contribution in [0.25, 0.3) is 11.0 Å². The van der Waals surface area contributed by atoms with Gasteiger partial charge in [0.25, 0.3) is 5.91 Å². The highest BCUT2D eigenvalue weighted by Gasteiger charge is 2.43. The minimum Gasteiger partial charge on any atom is -0.490 e. The SMILES string of the molecule is C=CCOc1ccc(C2c3c(oc4ccccc4c3=O)C(=O)N2c2ccc(C)c(C)c2)cc1. The third-order valence-electron chi connectivity index (χ3n) is 6.11. The van der Waals surface area contributed by atoms with Crippen molar-refractivity contribution in [2.45, 2.75) is 19.9 Å². The first kappa shape index (κ1) is 20.8. The molecule has 33 heavy (non-hydrogen) atoms. The van der Waals surface area contributed by atoms with Crippen molar-refractivity contribution in [1.29, 1.82) is 0 Å². The van der Waals surface area contributed by atoms with Gasteiger partial charge in [0.2, 0.25) is 5.76 Å². The molecule has 5 heteroatoms. The maximum absolute atomic E-state index is 13.6. The Bertz CT molecular complexity index is 1450. The van der Waals surface area contributed by atoms with Crippen LogP contribution in [-0.4, -0.2) is 12.5 Å². The van der Waals surface area contributed by atoms with Crippen LogP contribution >= 0.6 is 0 Å². The van der Waals surface area contributed by atoms with Gasteiger partial charge in [0.1, 0.15) is 17.9 Å². The fraction of sp³-hybridized carbons (Fsp3) is 0.143. The van der Waals surface area contributed by atoms with Gasteiger partial charge in [0.05, 0.1) is 17.0 Å². The molecule has 1 aliphatic heterocycles. The van der Waals surface area contributed by atoms with Crippen molar-refractivity contribution in [3.63, 3.8) is 0 Å². The van der Waals surface area contributed by atoms with Gasteiger partial charge in [0.15, 0.2) is 5.43 Å². The standard InChI is InChI=1S/C28H23NO4/c1-4-15-32-21-13-10-19(11-14-21)25-24-26(30)22-7-5-6-8-23(22)33-27(24)28(31)29(25)20-12-9-17(2)18(3)16-20/h4-14,16,25H,1,15H2,2-3H3. The summed E-state index contributed by atoms with van der Waals surface area (Å²) in [5.74, 6) is 0.452. The maximum atomic E-state index is 13.6. The smallest absolute Gasteiger partial charge is 0.295 e. The molecule has 1 unspecified atom stereocenters. The Hall–Kier alpha value is -4.12. The first-order valence-corrected chi connectivity index (χ1v) is 10.8. The summed E-state index contributed by atoms with van der Waals surface area (Å²) in [6.07, 6.45) is 1.68. The van der Waals surface area contributed by atoms with Gasteiger partial charge in [-0.15, -0.1) is 0 Å². The van der Waals surface area contributed by atoms with Crippen LogP contribution in [0.3, 0.4) is 0 Å². The van der Waals surface area contributed by atoms with Gasteiger partial charge in [-0.3, -0.25) is 14.5 Å². The largest absolute Gasteiger partial charge is 0.490 e. The molecule has 1 aromatic heterocycles. The van der Waals surface area contributed by atoms with Crippen molar-refractivity contribution < 1.29 is 13.9 Å². The third kappa shape index (κ3) is 3.42. The molecule has 1 aliphatic rings. The van der Waals surface area contributed by atoms with Crippen LogP contribution in [0.15, 0.2) is 88.6 Å². The summed E-state index contributed by atoms with van der Waals surface area (Å²) >= 11 is 0. The van der Waals surface area contributed by atoms with Crippen LogP contribution < -0.4 is 15.1 Å². The van der Waals surface area contributed by atoms with Crippen molar-refractivity contribution >= 4 is 22.6 Å². The number of nitrogens with zero attached hydrogens (tertiary/aromatic N) is 1. The lowest BCUT2D eigenvalue weighted by Crippen LogP contribution is -2.29. The number of carbonyl (C=O) groups excluding carboxylic acids is 1. The lowest BCUT2D eigenvalue weighted by molar-refractivity contribution is 0.0971. The number of rotatable bonds is 5. The molecule has 5 nitrogen and oxygen atoms in total. The van der Waals surface area contributed by atoms with E-state index >= 15 is 0 Å².